The van der Waals surface area contributed by atoms with Crippen molar-refractivity contribution in [2.45, 2.75) is 12.8 Å². The lowest BCUT2D eigenvalue weighted by atomic mass is 9.87. The molecule has 0 spiro atoms. The average molecular weight is 345 g/mol. The molecule has 3 rings (SSSR count). The maximum atomic E-state index is 12.4. The fourth-order valence-corrected chi connectivity index (χ4v) is 3.04. The molecule has 1 aliphatic rings. The monoisotopic (exact) mass is 344 g/mol. The highest BCUT2D eigenvalue weighted by molar-refractivity contribution is 5.85. The number of rotatable bonds is 6. The van der Waals surface area contributed by atoms with E-state index in [4.69, 9.17) is 0 Å². The SMILES string of the molecule is CC(C(=O)NCC(c1ccccc1)c1ccccc1)C1CNC1.Cl. The highest BCUT2D eigenvalue weighted by Crippen LogP contribution is 2.24. The number of halogens is 1. The van der Waals surface area contributed by atoms with Crippen LogP contribution in [0.2, 0.25) is 0 Å². The van der Waals surface area contributed by atoms with Gasteiger partial charge in [-0.15, -0.1) is 12.4 Å². The van der Waals surface area contributed by atoms with Crippen LogP contribution in [0.25, 0.3) is 0 Å². The third kappa shape index (κ3) is 4.37. The predicted molar refractivity (Wildman–Crippen MR) is 101 cm³/mol. The molecule has 1 amide bonds. The Hall–Kier alpha value is -1.84. The zero-order valence-electron chi connectivity index (χ0n) is 13.9. The van der Waals surface area contributed by atoms with Crippen molar-refractivity contribution in [1.82, 2.24) is 10.6 Å². The minimum absolute atomic E-state index is 0. The number of hydrogen-bond acceptors (Lipinski definition) is 2. The lowest BCUT2D eigenvalue weighted by Crippen LogP contribution is -2.50. The lowest BCUT2D eigenvalue weighted by molar-refractivity contribution is -0.126. The van der Waals surface area contributed by atoms with Gasteiger partial charge in [0.2, 0.25) is 5.91 Å². The third-order valence-electron chi connectivity index (χ3n) is 4.82. The molecule has 0 saturated carbocycles. The van der Waals surface area contributed by atoms with E-state index in [1.807, 2.05) is 19.1 Å². The van der Waals surface area contributed by atoms with E-state index in [1.54, 1.807) is 0 Å². The van der Waals surface area contributed by atoms with Gasteiger partial charge in [-0.25, -0.2) is 0 Å². The van der Waals surface area contributed by atoms with Crippen molar-refractivity contribution >= 4 is 18.3 Å². The standard InChI is InChI=1S/C20H24N2O.ClH/c1-15(18-12-21-13-18)20(23)22-14-19(16-8-4-2-5-9-16)17-10-6-3-7-11-17;/h2-11,15,18-19,21H,12-14H2,1H3,(H,22,23);1H. The summed E-state index contributed by atoms with van der Waals surface area (Å²) in [5.74, 6) is 0.895. The Morgan fingerprint density at radius 2 is 1.54 bits per heavy atom. The van der Waals surface area contributed by atoms with Crippen LogP contribution in [0.3, 0.4) is 0 Å². The van der Waals surface area contributed by atoms with Crippen LogP contribution >= 0.6 is 12.4 Å². The van der Waals surface area contributed by atoms with Crippen LogP contribution in [0.4, 0.5) is 0 Å². The summed E-state index contributed by atoms with van der Waals surface area (Å²) in [7, 11) is 0. The van der Waals surface area contributed by atoms with Crippen LogP contribution in [0.5, 0.6) is 0 Å². The summed E-state index contributed by atoms with van der Waals surface area (Å²) < 4.78 is 0. The first-order chi connectivity index (χ1) is 11.3. The molecule has 1 fully saturated rings. The smallest absolute Gasteiger partial charge is 0.223 e. The average Bonchev–Trinajstić information content (AvgIpc) is 2.55. The molecule has 2 aromatic carbocycles. The second-order valence-corrected chi connectivity index (χ2v) is 6.33. The molecule has 0 aromatic heterocycles. The van der Waals surface area contributed by atoms with Gasteiger partial charge in [0.1, 0.15) is 0 Å². The predicted octanol–water partition coefficient (Wildman–Crippen LogP) is 3.21. The van der Waals surface area contributed by atoms with Gasteiger partial charge in [-0.05, 0) is 30.1 Å². The van der Waals surface area contributed by atoms with Gasteiger partial charge >= 0.3 is 0 Å². The number of carbonyl (C=O) groups is 1. The molecule has 1 saturated heterocycles. The Bertz CT molecular complexity index is 589. The minimum atomic E-state index is 0. The summed E-state index contributed by atoms with van der Waals surface area (Å²) in [6, 6.07) is 20.8. The second kappa shape index (κ2) is 8.86. The maximum absolute atomic E-state index is 12.4. The van der Waals surface area contributed by atoms with Crippen molar-refractivity contribution in [2.75, 3.05) is 19.6 Å². The van der Waals surface area contributed by atoms with Crippen molar-refractivity contribution < 1.29 is 4.79 Å². The van der Waals surface area contributed by atoms with Gasteiger partial charge < -0.3 is 10.6 Å². The van der Waals surface area contributed by atoms with Crippen LogP contribution in [0.15, 0.2) is 60.7 Å². The highest BCUT2D eigenvalue weighted by atomic mass is 35.5. The molecular weight excluding hydrogens is 320 g/mol. The Balaban J connectivity index is 0.00000208. The number of carbonyl (C=O) groups excluding carboxylic acids is 1. The fourth-order valence-electron chi connectivity index (χ4n) is 3.04. The van der Waals surface area contributed by atoms with E-state index in [-0.39, 0.29) is 30.2 Å². The highest BCUT2D eigenvalue weighted by Gasteiger charge is 2.29. The first-order valence-electron chi connectivity index (χ1n) is 8.34. The zero-order valence-corrected chi connectivity index (χ0v) is 14.8. The van der Waals surface area contributed by atoms with E-state index >= 15 is 0 Å². The van der Waals surface area contributed by atoms with Crippen molar-refractivity contribution in [2.24, 2.45) is 11.8 Å². The molecule has 2 N–H and O–H groups in total. The molecule has 0 radical (unpaired) electrons. The molecule has 0 bridgehead atoms. The first kappa shape index (κ1) is 18.5. The van der Waals surface area contributed by atoms with Crippen LogP contribution in [0, 0.1) is 11.8 Å². The van der Waals surface area contributed by atoms with Crippen LogP contribution < -0.4 is 10.6 Å². The van der Waals surface area contributed by atoms with E-state index in [1.165, 1.54) is 11.1 Å². The fraction of sp³-hybridized carbons (Fsp3) is 0.350. The van der Waals surface area contributed by atoms with Crippen LogP contribution in [0.1, 0.15) is 24.0 Å². The maximum Gasteiger partial charge on any atom is 0.223 e. The Morgan fingerprint density at radius 3 is 1.96 bits per heavy atom. The Labute approximate surface area is 150 Å². The summed E-state index contributed by atoms with van der Waals surface area (Å²) in [6.45, 7) is 4.57. The van der Waals surface area contributed by atoms with Crippen molar-refractivity contribution in [3.05, 3.63) is 71.8 Å². The summed E-state index contributed by atoms with van der Waals surface area (Å²) in [4.78, 5) is 12.4. The van der Waals surface area contributed by atoms with Crippen molar-refractivity contribution in [3.63, 3.8) is 0 Å². The summed E-state index contributed by atoms with van der Waals surface area (Å²) in [5, 5.41) is 6.40. The third-order valence-corrected chi connectivity index (χ3v) is 4.82. The first-order valence-corrected chi connectivity index (χ1v) is 8.34. The Kier molecular flexibility index (Phi) is 6.83. The van der Waals surface area contributed by atoms with E-state index in [2.05, 4.69) is 59.2 Å². The number of hydrogen-bond donors (Lipinski definition) is 2. The molecule has 1 heterocycles. The molecule has 1 atom stereocenters. The van der Waals surface area contributed by atoms with Crippen LogP contribution in [-0.2, 0) is 4.79 Å². The number of amides is 1. The molecule has 1 unspecified atom stereocenters. The second-order valence-electron chi connectivity index (χ2n) is 6.33. The van der Waals surface area contributed by atoms with E-state index < -0.39 is 0 Å². The molecule has 24 heavy (non-hydrogen) atoms. The van der Waals surface area contributed by atoms with E-state index in [0.717, 1.165) is 13.1 Å². The molecule has 2 aromatic rings. The molecule has 3 nitrogen and oxygen atoms in total. The molecule has 1 aliphatic heterocycles. The van der Waals surface area contributed by atoms with Gasteiger partial charge in [0.25, 0.3) is 0 Å². The summed E-state index contributed by atoms with van der Waals surface area (Å²) in [5.41, 5.74) is 2.47. The number of nitrogens with one attached hydrogen (secondary N) is 2. The number of benzene rings is 2. The van der Waals surface area contributed by atoms with Crippen molar-refractivity contribution in [3.8, 4) is 0 Å². The largest absolute Gasteiger partial charge is 0.355 e. The quantitative estimate of drug-likeness (QED) is 0.844. The molecule has 4 heteroatoms. The molecule has 128 valence electrons. The van der Waals surface area contributed by atoms with Gasteiger partial charge in [-0.2, -0.15) is 0 Å². The van der Waals surface area contributed by atoms with Gasteiger partial charge in [0.15, 0.2) is 0 Å². The molecular formula is C20H25ClN2O. The van der Waals surface area contributed by atoms with Crippen LogP contribution in [-0.4, -0.2) is 25.5 Å². The van der Waals surface area contributed by atoms with Gasteiger partial charge in [0.05, 0.1) is 0 Å². The Morgan fingerprint density at radius 1 is 1.04 bits per heavy atom. The summed E-state index contributed by atoms with van der Waals surface area (Å²) in [6.07, 6.45) is 0. The van der Waals surface area contributed by atoms with E-state index in [9.17, 15) is 4.79 Å². The van der Waals surface area contributed by atoms with Crippen molar-refractivity contribution in [1.29, 1.82) is 0 Å². The van der Waals surface area contributed by atoms with Gasteiger partial charge in [0, 0.05) is 18.4 Å². The zero-order chi connectivity index (χ0) is 16.1. The minimum Gasteiger partial charge on any atom is -0.355 e. The van der Waals surface area contributed by atoms with E-state index in [0.29, 0.717) is 12.5 Å². The molecule has 0 aliphatic carbocycles. The lowest BCUT2D eigenvalue weighted by Gasteiger charge is -2.32. The van der Waals surface area contributed by atoms with Gasteiger partial charge in [-0.3, -0.25) is 4.79 Å². The topological polar surface area (TPSA) is 41.1 Å². The van der Waals surface area contributed by atoms with Gasteiger partial charge in [-0.1, -0.05) is 67.6 Å². The summed E-state index contributed by atoms with van der Waals surface area (Å²) >= 11 is 0. The normalized spacial score (nSPS) is 15.2.